The van der Waals surface area contributed by atoms with Crippen LogP contribution in [-0.4, -0.2) is 64.9 Å². The minimum atomic E-state index is -0.0442. The van der Waals surface area contributed by atoms with E-state index >= 15 is 0 Å². The monoisotopic (exact) mass is 353 g/mol. The molecule has 1 aromatic carbocycles. The van der Waals surface area contributed by atoms with Gasteiger partial charge in [0.25, 0.3) is 5.56 Å². The lowest BCUT2D eigenvalue weighted by Crippen LogP contribution is -2.51. The highest BCUT2D eigenvalue weighted by Crippen LogP contribution is 2.21. The highest BCUT2D eigenvalue weighted by Gasteiger charge is 2.30. The van der Waals surface area contributed by atoms with Crippen LogP contribution in [0, 0.1) is 0 Å². The molecule has 0 aliphatic carbocycles. The minimum absolute atomic E-state index is 0.0442. The molecule has 6 heteroatoms. The van der Waals surface area contributed by atoms with Crippen LogP contribution in [0.4, 0.5) is 5.69 Å². The molecule has 0 spiro atoms. The van der Waals surface area contributed by atoms with Crippen LogP contribution in [0.3, 0.4) is 0 Å². The third kappa shape index (κ3) is 3.81. The van der Waals surface area contributed by atoms with E-state index in [1.807, 2.05) is 0 Å². The number of hydrogen-bond donors (Lipinski definition) is 0. The van der Waals surface area contributed by atoms with Crippen molar-refractivity contribution in [2.75, 3.05) is 44.2 Å². The van der Waals surface area contributed by atoms with Crippen molar-refractivity contribution in [3.8, 4) is 0 Å². The van der Waals surface area contributed by atoms with Crippen molar-refractivity contribution in [3.63, 3.8) is 0 Å². The Morgan fingerprint density at radius 1 is 1.08 bits per heavy atom. The summed E-state index contributed by atoms with van der Waals surface area (Å²) in [7, 11) is 1.69. The molecule has 3 heterocycles. The molecule has 26 heavy (non-hydrogen) atoms. The summed E-state index contributed by atoms with van der Waals surface area (Å²) in [6.07, 6.45) is 3.05. The second-order valence-corrected chi connectivity index (χ2v) is 7.36. The molecule has 2 saturated heterocycles. The zero-order valence-corrected chi connectivity index (χ0v) is 15.4. The maximum absolute atomic E-state index is 11.8. The third-order valence-electron chi connectivity index (χ3n) is 5.65. The first kappa shape index (κ1) is 17.2. The summed E-state index contributed by atoms with van der Waals surface area (Å²) in [6.45, 7) is 7.42. The van der Waals surface area contributed by atoms with Crippen molar-refractivity contribution in [1.82, 2.24) is 19.6 Å². The standard InChI is InChI=1S/C20H27N5O/c1-22-20(26)13-19(14-21-22)25-11-9-24(10-12-25)18-7-8-23(16-18)15-17-5-3-2-4-6-17/h2-6,13-14,18H,7-12,15-16H2,1H3/t18-/m1/s1. The first-order chi connectivity index (χ1) is 12.7. The molecule has 4 rings (SSSR count). The maximum atomic E-state index is 11.8. The van der Waals surface area contributed by atoms with Gasteiger partial charge in [-0.3, -0.25) is 14.6 Å². The van der Waals surface area contributed by atoms with Crippen LogP contribution < -0.4 is 10.5 Å². The minimum Gasteiger partial charge on any atom is -0.368 e. The fourth-order valence-corrected chi connectivity index (χ4v) is 4.07. The van der Waals surface area contributed by atoms with Crippen LogP contribution in [0.25, 0.3) is 0 Å². The van der Waals surface area contributed by atoms with Gasteiger partial charge in [-0.05, 0) is 12.0 Å². The molecule has 2 fully saturated rings. The molecule has 2 aromatic rings. The fraction of sp³-hybridized carbons (Fsp3) is 0.500. The van der Waals surface area contributed by atoms with Crippen molar-refractivity contribution < 1.29 is 0 Å². The smallest absolute Gasteiger partial charge is 0.268 e. The van der Waals surface area contributed by atoms with Gasteiger partial charge in [0.15, 0.2) is 0 Å². The largest absolute Gasteiger partial charge is 0.368 e. The summed E-state index contributed by atoms with van der Waals surface area (Å²) in [4.78, 5) is 19.3. The van der Waals surface area contributed by atoms with Gasteiger partial charge in [-0.1, -0.05) is 30.3 Å². The Balaban J connectivity index is 1.30. The predicted octanol–water partition coefficient (Wildman–Crippen LogP) is 1.18. The van der Waals surface area contributed by atoms with Gasteiger partial charge < -0.3 is 4.90 Å². The first-order valence-electron chi connectivity index (χ1n) is 9.48. The quantitative estimate of drug-likeness (QED) is 0.826. The number of benzene rings is 1. The third-order valence-corrected chi connectivity index (χ3v) is 5.65. The van der Waals surface area contributed by atoms with E-state index < -0.39 is 0 Å². The Hall–Kier alpha value is -2.18. The molecule has 0 bridgehead atoms. The van der Waals surface area contributed by atoms with Crippen molar-refractivity contribution in [3.05, 3.63) is 58.5 Å². The molecule has 2 aliphatic heterocycles. The number of likely N-dealkylation sites (tertiary alicyclic amines) is 1. The summed E-state index contributed by atoms with van der Waals surface area (Å²) in [5.41, 5.74) is 2.30. The lowest BCUT2D eigenvalue weighted by molar-refractivity contribution is 0.181. The van der Waals surface area contributed by atoms with Crippen LogP contribution in [0.1, 0.15) is 12.0 Å². The Bertz CT molecular complexity index is 782. The van der Waals surface area contributed by atoms with Gasteiger partial charge in [-0.2, -0.15) is 5.10 Å². The molecule has 6 nitrogen and oxygen atoms in total. The van der Waals surface area contributed by atoms with E-state index in [1.165, 1.54) is 23.2 Å². The van der Waals surface area contributed by atoms with Gasteiger partial charge in [0.1, 0.15) is 0 Å². The number of hydrogen-bond acceptors (Lipinski definition) is 5. The second kappa shape index (κ2) is 7.60. The number of anilines is 1. The Morgan fingerprint density at radius 2 is 1.85 bits per heavy atom. The van der Waals surface area contributed by atoms with Gasteiger partial charge in [0.2, 0.25) is 0 Å². The van der Waals surface area contributed by atoms with Gasteiger partial charge in [0.05, 0.1) is 11.9 Å². The number of aromatic nitrogens is 2. The van der Waals surface area contributed by atoms with Crippen LogP contribution in [0.15, 0.2) is 47.4 Å². The number of aryl methyl sites for hydroxylation is 1. The molecule has 1 aromatic heterocycles. The summed E-state index contributed by atoms with van der Waals surface area (Å²) in [5, 5.41) is 4.14. The van der Waals surface area contributed by atoms with Crippen LogP contribution in [-0.2, 0) is 13.6 Å². The second-order valence-electron chi connectivity index (χ2n) is 7.36. The molecule has 138 valence electrons. The Morgan fingerprint density at radius 3 is 2.58 bits per heavy atom. The molecule has 1 atom stereocenters. The molecule has 0 radical (unpaired) electrons. The average Bonchev–Trinajstić information content (AvgIpc) is 3.13. The molecule has 2 aliphatic rings. The van der Waals surface area contributed by atoms with Crippen molar-refractivity contribution in [1.29, 1.82) is 0 Å². The summed E-state index contributed by atoms with van der Waals surface area (Å²) < 4.78 is 1.37. The molecule has 0 amide bonds. The lowest BCUT2D eigenvalue weighted by atomic mass is 10.2. The van der Waals surface area contributed by atoms with E-state index in [1.54, 1.807) is 19.3 Å². The molecular formula is C20H27N5O. The lowest BCUT2D eigenvalue weighted by Gasteiger charge is -2.39. The van der Waals surface area contributed by atoms with Gasteiger partial charge in [-0.25, -0.2) is 4.68 Å². The number of nitrogens with zero attached hydrogens (tertiary/aromatic N) is 5. The molecule has 0 saturated carbocycles. The SMILES string of the molecule is Cn1ncc(N2CCN([C@@H]3CCN(Cc4ccccc4)C3)CC2)cc1=O. The van der Waals surface area contributed by atoms with E-state index in [0.717, 1.165) is 45.0 Å². The van der Waals surface area contributed by atoms with Gasteiger partial charge >= 0.3 is 0 Å². The normalized spacial score (nSPS) is 22.0. The number of rotatable bonds is 4. The summed E-state index contributed by atoms with van der Waals surface area (Å²) >= 11 is 0. The highest BCUT2D eigenvalue weighted by molar-refractivity contribution is 5.43. The Kier molecular flexibility index (Phi) is 5.04. The van der Waals surface area contributed by atoms with Crippen molar-refractivity contribution in [2.24, 2.45) is 7.05 Å². The number of piperazine rings is 1. The van der Waals surface area contributed by atoms with Crippen LogP contribution in [0.2, 0.25) is 0 Å². The fourth-order valence-electron chi connectivity index (χ4n) is 4.07. The van der Waals surface area contributed by atoms with Crippen LogP contribution >= 0.6 is 0 Å². The first-order valence-corrected chi connectivity index (χ1v) is 9.48. The highest BCUT2D eigenvalue weighted by atomic mass is 16.1. The predicted molar refractivity (Wildman–Crippen MR) is 103 cm³/mol. The molecule has 0 unspecified atom stereocenters. The van der Waals surface area contributed by atoms with Crippen molar-refractivity contribution >= 4 is 5.69 Å². The topological polar surface area (TPSA) is 44.6 Å². The zero-order chi connectivity index (χ0) is 17.9. The van der Waals surface area contributed by atoms with Gasteiger partial charge in [0, 0.05) is 65.0 Å². The van der Waals surface area contributed by atoms with E-state index in [9.17, 15) is 4.79 Å². The van der Waals surface area contributed by atoms with E-state index in [-0.39, 0.29) is 5.56 Å². The maximum Gasteiger partial charge on any atom is 0.268 e. The Labute approximate surface area is 154 Å². The zero-order valence-electron chi connectivity index (χ0n) is 15.4. The van der Waals surface area contributed by atoms with Gasteiger partial charge in [-0.15, -0.1) is 0 Å². The van der Waals surface area contributed by atoms with Crippen molar-refractivity contribution in [2.45, 2.75) is 19.0 Å². The van der Waals surface area contributed by atoms with E-state index in [2.05, 4.69) is 50.1 Å². The summed E-state index contributed by atoms with van der Waals surface area (Å²) in [5.74, 6) is 0. The van der Waals surface area contributed by atoms with Crippen LogP contribution in [0.5, 0.6) is 0 Å². The van der Waals surface area contributed by atoms with E-state index in [0.29, 0.717) is 6.04 Å². The van der Waals surface area contributed by atoms with E-state index in [4.69, 9.17) is 0 Å². The average molecular weight is 353 g/mol. The molecule has 0 N–H and O–H groups in total. The summed E-state index contributed by atoms with van der Waals surface area (Å²) in [6, 6.07) is 13.1. The molecular weight excluding hydrogens is 326 g/mol.